The Morgan fingerprint density at radius 1 is 1.41 bits per heavy atom. The van der Waals surface area contributed by atoms with Crippen LogP contribution in [0.2, 0.25) is 5.15 Å². The third-order valence-electron chi connectivity index (χ3n) is 2.35. The molecule has 0 fully saturated rings. The van der Waals surface area contributed by atoms with Crippen LogP contribution in [0.15, 0.2) is 12.4 Å². The number of rotatable bonds is 3. The summed E-state index contributed by atoms with van der Waals surface area (Å²) in [7, 11) is 0. The molecular formula is C11H12ClIN4. The van der Waals surface area contributed by atoms with Gasteiger partial charge in [-0.2, -0.15) is 5.10 Å². The van der Waals surface area contributed by atoms with Crippen LogP contribution in [0.1, 0.15) is 24.7 Å². The normalized spacial score (nSPS) is 10.8. The summed E-state index contributed by atoms with van der Waals surface area (Å²) in [5, 5.41) is 4.75. The molecule has 0 bridgehead atoms. The average Bonchev–Trinajstić information content (AvgIpc) is 2.70. The lowest BCUT2D eigenvalue weighted by Crippen LogP contribution is -2.07. The summed E-state index contributed by atoms with van der Waals surface area (Å²) < 4.78 is 2.80. The molecule has 0 aliphatic carbocycles. The monoisotopic (exact) mass is 362 g/mol. The number of aromatic nitrogens is 4. The standard InChI is InChI=1S/C11H12ClIN4/c1-3-4-9-15-10(12)7(2)11(16-9)17-6-8(13)5-14-17/h5-6H,3-4H2,1-2H3. The van der Waals surface area contributed by atoms with E-state index in [4.69, 9.17) is 11.6 Å². The smallest absolute Gasteiger partial charge is 0.161 e. The third kappa shape index (κ3) is 2.77. The van der Waals surface area contributed by atoms with E-state index in [-0.39, 0.29) is 0 Å². The van der Waals surface area contributed by atoms with Crippen molar-refractivity contribution in [2.24, 2.45) is 0 Å². The Morgan fingerprint density at radius 3 is 2.76 bits per heavy atom. The van der Waals surface area contributed by atoms with E-state index in [1.54, 1.807) is 10.9 Å². The lowest BCUT2D eigenvalue weighted by atomic mass is 10.3. The maximum Gasteiger partial charge on any atom is 0.161 e. The van der Waals surface area contributed by atoms with Gasteiger partial charge in [0.1, 0.15) is 11.0 Å². The quantitative estimate of drug-likeness (QED) is 0.622. The number of hydrogen-bond donors (Lipinski definition) is 0. The van der Waals surface area contributed by atoms with Crippen LogP contribution < -0.4 is 0 Å². The fourth-order valence-electron chi connectivity index (χ4n) is 1.50. The maximum atomic E-state index is 6.12. The Kier molecular flexibility index (Phi) is 3.98. The molecule has 0 aromatic carbocycles. The Hall–Kier alpha value is -0.690. The predicted molar refractivity (Wildman–Crippen MR) is 75.6 cm³/mol. The van der Waals surface area contributed by atoms with Crippen molar-refractivity contribution in [3.05, 3.63) is 32.5 Å². The zero-order valence-corrected chi connectivity index (χ0v) is 12.5. The van der Waals surface area contributed by atoms with Gasteiger partial charge in [-0.1, -0.05) is 18.5 Å². The molecule has 2 aromatic heterocycles. The summed E-state index contributed by atoms with van der Waals surface area (Å²) in [5.74, 6) is 1.53. The van der Waals surface area contributed by atoms with E-state index in [1.807, 2.05) is 13.1 Å². The van der Waals surface area contributed by atoms with Gasteiger partial charge in [-0.15, -0.1) is 0 Å². The first-order valence-electron chi connectivity index (χ1n) is 5.35. The summed E-state index contributed by atoms with van der Waals surface area (Å²) in [6.07, 6.45) is 5.53. The molecule has 2 rings (SSSR count). The highest BCUT2D eigenvalue weighted by atomic mass is 127. The van der Waals surface area contributed by atoms with Gasteiger partial charge in [0, 0.05) is 18.2 Å². The fraction of sp³-hybridized carbons (Fsp3) is 0.364. The maximum absolute atomic E-state index is 6.12. The van der Waals surface area contributed by atoms with Gasteiger partial charge >= 0.3 is 0 Å². The van der Waals surface area contributed by atoms with E-state index < -0.39 is 0 Å². The third-order valence-corrected chi connectivity index (χ3v) is 3.27. The SMILES string of the molecule is CCCc1nc(Cl)c(C)c(-n2cc(I)cn2)n1. The van der Waals surface area contributed by atoms with E-state index in [2.05, 4.69) is 44.6 Å². The first kappa shape index (κ1) is 12.8. The molecule has 2 heterocycles. The molecule has 0 atom stereocenters. The number of halogens is 2. The molecule has 6 heteroatoms. The highest BCUT2D eigenvalue weighted by Gasteiger charge is 2.11. The molecule has 0 spiro atoms. The van der Waals surface area contributed by atoms with Crippen molar-refractivity contribution in [2.45, 2.75) is 26.7 Å². The fourth-order valence-corrected chi connectivity index (χ4v) is 2.07. The van der Waals surface area contributed by atoms with Crippen molar-refractivity contribution in [3.8, 4) is 5.82 Å². The largest absolute Gasteiger partial charge is 0.221 e. The molecule has 0 saturated heterocycles. The molecule has 0 aliphatic heterocycles. The molecule has 2 aromatic rings. The second kappa shape index (κ2) is 5.30. The van der Waals surface area contributed by atoms with E-state index in [0.29, 0.717) is 5.15 Å². The van der Waals surface area contributed by atoms with E-state index in [1.165, 1.54) is 0 Å². The summed E-state index contributed by atoms with van der Waals surface area (Å²) in [5.41, 5.74) is 0.853. The van der Waals surface area contributed by atoms with Crippen LogP contribution in [0, 0.1) is 10.5 Å². The van der Waals surface area contributed by atoms with Gasteiger partial charge in [0.25, 0.3) is 0 Å². The predicted octanol–water partition coefficient (Wildman–Crippen LogP) is 3.18. The average molecular weight is 363 g/mol. The molecule has 0 aliphatic rings. The number of aryl methyl sites for hydroxylation is 1. The van der Waals surface area contributed by atoms with Crippen molar-refractivity contribution in [1.82, 2.24) is 19.7 Å². The van der Waals surface area contributed by atoms with Crippen LogP contribution in [0.25, 0.3) is 5.82 Å². The van der Waals surface area contributed by atoms with Crippen molar-refractivity contribution < 1.29 is 0 Å². The van der Waals surface area contributed by atoms with Crippen molar-refractivity contribution in [1.29, 1.82) is 0 Å². The van der Waals surface area contributed by atoms with Gasteiger partial charge in [0.15, 0.2) is 5.82 Å². The highest BCUT2D eigenvalue weighted by Crippen LogP contribution is 2.19. The van der Waals surface area contributed by atoms with Crippen molar-refractivity contribution in [3.63, 3.8) is 0 Å². The summed E-state index contributed by atoms with van der Waals surface area (Å²) in [4.78, 5) is 8.77. The molecule has 4 nitrogen and oxygen atoms in total. The topological polar surface area (TPSA) is 43.6 Å². The van der Waals surface area contributed by atoms with E-state index in [0.717, 1.165) is 33.6 Å². The molecule has 0 N–H and O–H groups in total. The molecule has 0 saturated carbocycles. The van der Waals surface area contributed by atoms with Gasteiger partial charge in [-0.05, 0) is 35.9 Å². The molecule has 17 heavy (non-hydrogen) atoms. The molecular weight excluding hydrogens is 351 g/mol. The minimum absolute atomic E-state index is 0.504. The van der Waals surface area contributed by atoms with Crippen LogP contribution in [-0.4, -0.2) is 19.7 Å². The number of hydrogen-bond acceptors (Lipinski definition) is 3. The minimum atomic E-state index is 0.504. The van der Waals surface area contributed by atoms with Crippen LogP contribution >= 0.6 is 34.2 Å². The van der Waals surface area contributed by atoms with E-state index in [9.17, 15) is 0 Å². The molecule has 90 valence electrons. The van der Waals surface area contributed by atoms with Gasteiger partial charge in [0.2, 0.25) is 0 Å². The van der Waals surface area contributed by atoms with Crippen LogP contribution in [-0.2, 0) is 6.42 Å². The van der Waals surface area contributed by atoms with Gasteiger partial charge in [0.05, 0.1) is 9.77 Å². The van der Waals surface area contributed by atoms with Crippen LogP contribution in [0.3, 0.4) is 0 Å². The first-order chi connectivity index (χ1) is 8.11. The molecule has 0 unspecified atom stereocenters. The van der Waals surface area contributed by atoms with Gasteiger partial charge < -0.3 is 0 Å². The summed E-state index contributed by atoms with van der Waals surface area (Å²) in [6, 6.07) is 0. The van der Waals surface area contributed by atoms with Crippen LogP contribution in [0.4, 0.5) is 0 Å². The Labute approximate surface area is 119 Å². The molecule has 0 radical (unpaired) electrons. The Balaban J connectivity index is 2.52. The lowest BCUT2D eigenvalue weighted by molar-refractivity contribution is 0.777. The number of nitrogens with zero attached hydrogens (tertiary/aromatic N) is 4. The summed E-state index contributed by atoms with van der Waals surface area (Å²) >= 11 is 8.33. The van der Waals surface area contributed by atoms with Crippen molar-refractivity contribution in [2.75, 3.05) is 0 Å². The van der Waals surface area contributed by atoms with E-state index >= 15 is 0 Å². The second-order valence-electron chi connectivity index (χ2n) is 3.73. The van der Waals surface area contributed by atoms with Gasteiger partial charge in [-0.25, -0.2) is 14.6 Å². The first-order valence-corrected chi connectivity index (χ1v) is 6.81. The van der Waals surface area contributed by atoms with Crippen LogP contribution in [0.5, 0.6) is 0 Å². The Morgan fingerprint density at radius 2 is 2.18 bits per heavy atom. The van der Waals surface area contributed by atoms with Crippen molar-refractivity contribution >= 4 is 34.2 Å². The molecule has 0 amide bonds. The van der Waals surface area contributed by atoms with Gasteiger partial charge in [-0.3, -0.25) is 0 Å². The lowest BCUT2D eigenvalue weighted by Gasteiger charge is -2.08. The zero-order chi connectivity index (χ0) is 12.4. The second-order valence-corrected chi connectivity index (χ2v) is 5.34. The summed E-state index contributed by atoms with van der Waals surface area (Å²) in [6.45, 7) is 4.00. The minimum Gasteiger partial charge on any atom is -0.221 e. The Bertz CT molecular complexity index is 538. The highest BCUT2D eigenvalue weighted by molar-refractivity contribution is 14.1. The zero-order valence-electron chi connectivity index (χ0n) is 9.61.